The molecule has 0 aromatic rings. The van der Waals surface area contributed by atoms with Gasteiger partial charge in [0.1, 0.15) is 0 Å². The van der Waals surface area contributed by atoms with Crippen LogP contribution >= 0.6 is 0 Å². The second-order valence-electron chi connectivity index (χ2n) is 2.03. The standard InChI is InChI=1S/C4H8O2.C2H4O3.C2H4O2/c1-3-6-4(2)5;1-2(3)5-4;1-2(3)4/h3H2,1-2H3;4H,1H3;1H3,(H,3,4). The van der Waals surface area contributed by atoms with E-state index in [4.69, 9.17) is 15.2 Å². The molecule has 0 rings (SSSR count). The summed E-state index contributed by atoms with van der Waals surface area (Å²) < 4.78 is 4.40. The second kappa shape index (κ2) is 14.9. The van der Waals surface area contributed by atoms with E-state index in [1.54, 1.807) is 6.92 Å². The summed E-state index contributed by atoms with van der Waals surface area (Å²) in [5, 5.41) is 14.7. The number of ether oxygens (including phenoxy) is 1. The minimum atomic E-state index is -0.833. The van der Waals surface area contributed by atoms with Crippen molar-refractivity contribution < 1.29 is 34.4 Å². The summed E-state index contributed by atoms with van der Waals surface area (Å²) in [6, 6.07) is 0. The predicted molar refractivity (Wildman–Crippen MR) is 50.0 cm³/mol. The van der Waals surface area contributed by atoms with Crippen molar-refractivity contribution >= 4 is 17.9 Å². The van der Waals surface area contributed by atoms with Gasteiger partial charge < -0.3 is 14.7 Å². The van der Waals surface area contributed by atoms with Crippen LogP contribution in [-0.4, -0.2) is 34.9 Å². The Morgan fingerprint density at radius 2 is 1.33 bits per heavy atom. The van der Waals surface area contributed by atoms with E-state index in [0.29, 0.717) is 6.61 Å². The van der Waals surface area contributed by atoms with E-state index in [1.165, 1.54) is 6.92 Å². The topological polar surface area (TPSA) is 110 Å². The third kappa shape index (κ3) is 117. The van der Waals surface area contributed by atoms with Gasteiger partial charge in [-0.3, -0.25) is 9.59 Å². The van der Waals surface area contributed by atoms with Crippen molar-refractivity contribution in [2.45, 2.75) is 27.7 Å². The molecule has 0 bridgehead atoms. The number of rotatable bonds is 1. The fourth-order valence-corrected chi connectivity index (χ4v) is 0.203. The summed E-state index contributed by atoms with van der Waals surface area (Å²) in [7, 11) is 0. The second-order valence-corrected chi connectivity index (χ2v) is 2.03. The molecule has 0 amide bonds. The number of carbonyl (C=O) groups is 3. The van der Waals surface area contributed by atoms with Gasteiger partial charge in [-0.2, -0.15) is 5.26 Å². The molecule has 15 heavy (non-hydrogen) atoms. The van der Waals surface area contributed by atoms with Gasteiger partial charge in [-0.15, -0.1) is 0 Å². The van der Waals surface area contributed by atoms with Gasteiger partial charge >= 0.3 is 11.9 Å². The van der Waals surface area contributed by atoms with Gasteiger partial charge in [0, 0.05) is 20.8 Å². The third-order valence-corrected chi connectivity index (χ3v) is 0.476. The number of hydrogen-bond donors (Lipinski definition) is 2. The Hall–Kier alpha value is -1.63. The van der Waals surface area contributed by atoms with E-state index < -0.39 is 11.9 Å². The number of hydrogen-bond acceptors (Lipinski definition) is 6. The van der Waals surface area contributed by atoms with Gasteiger partial charge in [0.25, 0.3) is 5.97 Å². The van der Waals surface area contributed by atoms with E-state index in [1.807, 2.05) is 0 Å². The monoisotopic (exact) mass is 224 g/mol. The van der Waals surface area contributed by atoms with Crippen LogP contribution in [0.4, 0.5) is 0 Å². The summed E-state index contributed by atoms with van der Waals surface area (Å²) in [4.78, 5) is 31.3. The fraction of sp³-hybridized carbons (Fsp3) is 0.625. The van der Waals surface area contributed by atoms with Crippen molar-refractivity contribution in [3.05, 3.63) is 0 Å². The molecule has 7 nitrogen and oxygen atoms in total. The quantitative estimate of drug-likeness (QED) is 0.383. The van der Waals surface area contributed by atoms with Crippen molar-refractivity contribution in [1.82, 2.24) is 0 Å². The van der Waals surface area contributed by atoms with Crippen LogP contribution in [0.1, 0.15) is 27.7 Å². The number of carbonyl (C=O) groups excluding carboxylic acids is 2. The first-order valence-corrected chi connectivity index (χ1v) is 3.92. The molecule has 0 aliphatic rings. The van der Waals surface area contributed by atoms with Crippen LogP contribution in [0.15, 0.2) is 0 Å². The number of aliphatic carboxylic acids is 1. The zero-order chi connectivity index (χ0) is 12.9. The van der Waals surface area contributed by atoms with E-state index in [0.717, 1.165) is 13.8 Å². The summed E-state index contributed by atoms with van der Waals surface area (Å²) in [6.07, 6.45) is 0. The van der Waals surface area contributed by atoms with E-state index in [9.17, 15) is 9.59 Å². The van der Waals surface area contributed by atoms with Crippen molar-refractivity contribution in [3.8, 4) is 0 Å². The molecular weight excluding hydrogens is 208 g/mol. The Labute approximate surface area is 87.5 Å². The van der Waals surface area contributed by atoms with Crippen molar-refractivity contribution in [2.24, 2.45) is 0 Å². The third-order valence-electron chi connectivity index (χ3n) is 0.476. The maximum absolute atomic E-state index is 9.82. The SMILES string of the molecule is CC(=O)O.CC(=O)OO.CCOC(C)=O. The molecule has 90 valence electrons. The molecule has 2 N–H and O–H groups in total. The first-order chi connectivity index (χ1) is 6.77. The Kier molecular flexibility index (Phi) is 18.9. The van der Waals surface area contributed by atoms with Crippen molar-refractivity contribution in [2.75, 3.05) is 6.61 Å². The first kappa shape index (κ1) is 19.0. The van der Waals surface area contributed by atoms with Crippen LogP contribution in [0.3, 0.4) is 0 Å². The summed E-state index contributed by atoms with van der Waals surface area (Å²) in [6.45, 7) is 5.85. The average molecular weight is 224 g/mol. The van der Waals surface area contributed by atoms with Crippen LogP contribution in [0.5, 0.6) is 0 Å². The molecule has 0 spiro atoms. The Morgan fingerprint density at radius 1 is 1.07 bits per heavy atom. The molecule has 0 atom stereocenters. The van der Waals surface area contributed by atoms with E-state index in [2.05, 4.69) is 9.62 Å². The lowest BCUT2D eigenvalue weighted by Gasteiger charge is -1.89. The van der Waals surface area contributed by atoms with Crippen molar-refractivity contribution in [3.63, 3.8) is 0 Å². The highest BCUT2D eigenvalue weighted by Gasteiger charge is 1.81. The Morgan fingerprint density at radius 3 is 1.33 bits per heavy atom. The molecule has 0 fully saturated rings. The number of carboxylic acids is 1. The van der Waals surface area contributed by atoms with Gasteiger partial charge in [-0.1, -0.05) is 0 Å². The molecule has 0 heterocycles. The zero-order valence-corrected chi connectivity index (χ0v) is 9.14. The van der Waals surface area contributed by atoms with E-state index in [-0.39, 0.29) is 5.97 Å². The van der Waals surface area contributed by atoms with Crippen molar-refractivity contribution in [1.29, 1.82) is 0 Å². The van der Waals surface area contributed by atoms with Crippen LogP contribution in [0.25, 0.3) is 0 Å². The maximum Gasteiger partial charge on any atom is 0.339 e. The molecule has 0 saturated carbocycles. The minimum Gasteiger partial charge on any atom is -0.481 e. The fourth-order valence-electron chi connectivity index (χ4n) is 0.203. The van der Waals surface area contributed by atoms with E-state index >= 15 is 0 Å². The number of esters is 1. The van der Waals surface area contributed by atoms with Gasteiger partial charge in [-0.05, 0) is 6.92 Å². The van der Waals surface area contributed by atoms with Crippen LogP contribution in [-0.2, 0) is 24.0 Å². The van der Waals surface area contributed by atoms with Gasteiger partial charge in [0.15, 0.2) is 0 Å². The molecule has 0 aliphatic heterocycles. The normalized spacial score (nSPS) is 7.00. The summed E-state index contributed by atoms with van der Waals surface area (Å²) in [5.41, 5.74) is 0. The summed E-state index contributed by atoms with van der Waals surface area (Å²) >= 11 is 0. The smallest absolute Gasteiger partial charge is 0.339 e. The molecule has 0 unspecified atom stereocenters. The molecule has 0 aromatic heterocycles. The molecule has 0 aliphatic carbocycles. The lowest BCUT2D eigenvalue weighted by molar-refractivity contribution is -0.231. The van der Waals surface area contributed by atoms with Crippen LogP contribution in [0, 0.1) is 0 Å². The zero-order valence-electron chi connectivity index (χ0n) is 9.14. The highest BCUT2D eigenvalue weighted by atomic mass is 17.1. The lowest BCUT2D eigenvalue weighted by atomic mass is 10.8. The van der Waals surface area contributed by atoms with Crippen LogP contribution < -0.4 is 0 Å². The molecule has 7 heteroatoms. The van der Waals surface area contributed by atoms with Crippen LogP contribution in [0.2, 0.25) is 0 Å². The average Bonchev–Trinajstić information content (AvgIpc) is 2.03. The highest BCUT2D eigenvalue weighted by molar-refractivity contribution is 5.65. The minimum absolute atomic E-state index is 0.211. The van der Waals surface area contributed by atoms with Gasteiger partial charge in [0.2, 0.25) is 0 Å². The van der Waals surface area contributed by atoms with Gasteiger partial charge in [-0.25, -0.2) is 4.79 Å². The highest BCUT2D eigenvalue weighted by Crippen LogP contribution is 1.69. The largest absolute Gasteiger partial charge is 0.481 e. The Bertz CT molecular complexity index is 183. The molecular formula is C8H16O7. The molecule has 0 radical (unpaired) electrons. The first-order valence-electron chi connectivity index (χ1n) is 3.92. The Balaban J connectivity index is -0.000000147. The molecule has 0 aromatic carbocycles. The summed E-state index contributed by atoms with van der Waals surface area (Å²) in [5.74, 6) is -1.73. The number of carboxylic acid groups (broad SMARTS) is 1. The maximum atomic E-state index is 9.82. The lowest BCUT2D eigenvalue weighted by Crippen LogP contribution is -1.95. The molecule has 0 saturated heterocycles. The van der Waals surface area contributed by atoms with Gasteiger partial charge in [0.05, 0.1) is 6.61 Å². The predicted octanol–water partition coefficient (Wildman–Crippen LogP) is 0.683.